The third-order valence-corrected chi connectivity index (χ3v) is 3.71. The molecule has 1 aliphatic heterocycles. The summed E-state index contributed by atoms with van der Waals surface area (Å²) in [7, 11) is 1.43. The number of methoxy groups -OCH3 is 1. The maximum absolute atomic E-state index is 11.9. The van der Waals surface area contributed by atoms with E-state index in [1.54, 1.807) is 0 Å². The van der Waals surface area contributed by atoms with Crippen LogP contribution in [0, 0.1) is 0 Å². The van der Waals surface area contributed by atoms with Crippen molar-refractivity contribution in [1.82, 2.24) is 0 Å². The Morgan fingerprint density at radius 3 is 2.58 bits per heavy atom. The molecule has 102 valence electrons. The van der Waals surface area contributed by atoms with Crippen molar-refractivity contribution in [3.63, 3.8) is 0 Å². The Balaban J connectivity index is 2.56. The fourth-order valence-corrected chi connectivity index (χ4v) is 2.99. The van der Waals surface area contributed by atoms with E-state index in [4.69, 9.17) is 4.74 Å². The molecule has 0 fully saturated rings. The molecule has 0 saturated carbocycles. The molecule has 1 heterocycles. The molecule has 3 nitrogen and oxygen atoms in total. The van der Waals surface area contributed by atoms with Crippen molar-refractivity contribution < 1.29 is 9.53 Å². The Kier molecular flexibility index (Phi) is 3.40. The van der Waals surface area contributed by atoms with Crippen LogP contribution in [0.15, 0.2) is 30.3 Å². The first-order chi connectivity index (χ1) is 8.88. The minimum atomic E-state index is -0.314. The molecule has 1 aliphatic rings. The lowest BCUT2D eigenvalue weighted by Gasteiger charge is -2.45. The van der Waals surface area contributed by atoms with Gasteiger partial charge in [-0.3, -0.25) is 0 Å². The number of nitrogens with zero attached hydrogens (tertiary/aromatic N) is 1. The number of ether oxygens (including phenoxy) is 1. The van der Waals surface area contributed by atoms with Crippen molar-refractivity contribution in [1.29, 1.82) is 0 Å². The molecule has 0 aliphatic carbocycles. The Bertz CT molecular complexity index is 531. The van der Waals surface area contributed by atoms with Crippen molar-refractivity contribution in [2.45, 2.75) is 39.3 Å². The van der Waals surface area contributed by atoms with Crippen molar-refractivity contribution >= 4 is 17.2 Å². The number of allylic oxidation sites excluding steroid dienone is 1. The highest BCUT2D eigenvalue weighted by atomic mass is 16.5. The molecule has 0 bridgehead atoms. The summed E-state index contributed by atoms with van der Waals surface area (Å²) >= 11 is 0. The van der Waals surface area contributed by atoms with E-state index < -0.39 is 0 Å². The number of rotatable bonds is 2. The Hall–Kier alpha value is -1.77. The largest absolute Gasteiger partial charge is 0.467 e. The van der Waals surface area contributed by atoms with Gasteiger partial charge in [-0.15, -0.1) is 0 Å². The second kappa shape index (κ2) is 4.72. The number of hydrogen-bond acceptors (Lipinski definition) is 3. The number of anilines is 1. The van der Waals surface area contributed by atoms with Gasteiger partial charge in [-0.05, 0) is 39.3 Å². The summed E-state index contributed by atoms with van der Waals surface area (Å²) in [5.41, 5.74) is 3.29. The van der Waals surface area contributed by atoms with Crippen LogP contribution in [-0.4, -0.2) is 24.7 Å². The molecule has 0 amide bonds. The van der Waals surface area contributed by atoms with Gasteiger partial charge in [0.25, 0.3) is 0 Å². The first kappa shape index (κ1) is 13.7. The summed E-state index contributed by atoms with van der Waals surface area (Å²) < 4.78 is 4.90. The van der Waals surface area contributed by atoms with Crippen molar-refractivity contribution in [3.8, 4) is 0 Å². The highest BCUT2D eigenvalue weighted by Crippen LogP contribution is 2.39. The van der Waals surface area contributed by atoms with E-state index in [0.29, 0.717) is 0 Å². The maximum Gasteiger partial charge on any atom is 0.328 e. The summed E-state index contributed by atoms with van der Waals surface area (Å²) in [5.74, 6) is -0.212. The molecule has 0 radical (unpaired) electrons. The molecule has 0 unspecified atom stereocenters. The van der Waals surface area contributed by atoms with Crippen molar-refractivity contribution in [2.24, 2.45) is 0 Å². The van der Waals surface area contributed by atoms with Crippen LogP contribution >= 0.6 is 0 Å². The molecule has 0 spiro atoms. The standard InChI is InChI=1S/C16H21NO2/c1-11-10-16(3,4)17(12(2)15(18)19-5)14-9-7-6-8-13(11)14/h6-10,12H,1-5H3/t12-/m1/s1. The average Bonchev–Trinajstić information content (AvgIpc) is 2.36. The number of carbonyl (C=O) groups excluding carboxylic acids is 1. The predicted molar refractivity (Wildman–Crippen MR) is 78.1 cm³/mol. The second-order valence-corrected chi connectivity index (χ2v) is 5.57. The molecule has 1 aromatic carbocycles. The molecule has 1 aromatic rings. The summed E-state index contributed by atoms with van der Waals surface area (Å²) in [6, 6.07) is 7.87. The van der Waals surface area contributed by atoms with E-state index in [1.165, 1.54) is 18.2 Å². The monoisotopic (exact) mass is 259 g/mol. The number of hydrogen-bond donors (Lipinski definition) is 0. The summed E-state index contributed by atoms with van der Waals surface area (Å²) in [6.45, 7) is 8.23. The molecule has 1 atom stereocenters. The van der Waals surface area contributed by atoms with Gasteiger partial charge in [-0.1, -0.05) is 24.3 Å². The summed E-state index contributed by atoms with van der Waals surface area (Å²) in [5, 5.41) is 0. The van der Waals surface area contributed by atoms with Crippen LogP contribution in [-0.2, 0) is 9.53 Å². The fraction of sp³-hybridized carbons (Fsp3) is 0.438. The van der Waals surface area contributed by atoms with Gasteiger partial charge in [0, 0.05) is 11.3 Å². The van der Waals surface area contributed by atoms with E-state index in [9.17, 15) is 4.79 Å². The van der Waals surface area contributed by atoms with Gasteiger partial charge in [-0.25, -0.2) is 4.79 Å². The highest BCUT2D eigenvalue weighted by molar-refractivity contribution is 5.87. The smallest absolute Gasteiger partial charge is 0.328 e. The minimum absolute atomic E-state index is 0.212. The molecular weight excluding hydrogens is 238 g/mol. The van der Waals surface area contributed by atoms with Crippen LogP contribution in [0.1, 0.15) is 33.3 Å². The van der Waals surface area contributed by atoms with Crippen LogP contribution in [0.25, 0.3) is 5.57 Å². The summed E-state index contributed by atoms with van der Waals surface area (Å²) in [4.78, 5) is 14.0. The first-order valence-corrected chi connectivity index (χ1v) is 6.54. The molecule has 19 heavy (non-hydrogen) atoms. The van der Waals surface area contributed by atoms with E-state index >= 15 is 0 Å². The molecule has 0 saturated heterocycles. The van der Waals surface area contributed by atoms with Crippen LogP contribution in [0.5, 0.6) is 0 Å². The van der Waals surface area contributed by atoms with Crippen LogP contribution in [0.4, 0.5) is 5.69 Å². The third-order valence-electron chi connectivity index (χ3n) is 3.71. The second-order valence-electron chi connectivity index (χ2n) is 5.57. The normalized spacial score (nSPS) is 18.4. The van der Waals surface area contributed by atoms with Gasteiger partial charge in [0.2, 0.25) is 0 Å². The number of benzene rings is 1. The maximum atomic E-state index is 11.9. The van der Waals surface area contributed by atoms with Crippen LogP contribution in [0.3, 0.4) is 0 Å². The number of para-hydroxylation sites is 1. The molecule has 0 aromatic heterocycles. The van der Waals surface area contributed by atoms with E-state index in [0.717, 1.165) is 5.69 Å². The van der Waals surface area contributed by atoms with Gasteiger partial charge < -0.3 is 9.64 Å². The van der Waals surface area contributed by atoms with Gasteiger partial charge in [0.15, 0.2) is 0 Å². The molecule has 3 heteroatoms. The average molecular weight is 259 g/mol. The van der Waals surface area contributed by atoms with E-state index in [1.807, 2.05) is 19.1 Å². The van der Waals surface area contributed by atoms with Crippen LogP contribution < -0.4 is 4.90 Å². The highest BCUT2D eigenvalue weighted by Gasteiger charge is 2.37. The predicted octanol–water partition coefficient (Wildman–Crippen LogP) is 3.25. The fourth-order valence-electron chi connectivity index (χ4n) is 2.99. The lowest BCUT2D eigenvalue weighted by Crippen LogP contribution is -2.53. The Labute approximate surface area is 114 Å². The zero-order valence-corrected chi connectivity index (χ0v) is 12.2. The van der Waals surface area contributed by atoms with Crippen molar-refractivity contribution in [3.05, 3.63) is 35.9 Å². The molecule has 0 N–H and O–H groups in total. The van der Waals surface area contributed by atoms with Gasteiger partial charge >= 0.3 is 5.97 Å². The van der Waals surface area contributed by atoms with Gasteiger partial charge in [0.05, 0.1) is 12.6 Å². The number of fused-ring (bicyclic) bond motifs is 1. The Morgan fingerprint density at radius 2 is 1.95 bits per heavy atom. The van der Waals surface area contributed by atoms with Gasteiger partial charge in [-0.2, -0.15) is 0 Å². The Morgan fingerprint density at radius 1 is 1.32 bits per heavy atom. The quantitative estimate of drug-likeness (QED) is 0.764. The lowest BCUT2D eigenvalue weighted by molar-refractivity contribution is -0.142. The number of esters is 1. The zero-order valence-electron chi connectivity index (χ0n) is 12.2. The van der Waals surface area contributed by atoms with Crippen molar-refractivity contribution in [2.75, 3.05) is 12.0 Å². The van der Waals surface area contributed by atoms with Gasteiger partial charge in [0.1, 0.15) is 6.04 Å². The summed E-state index contributed by atoms with van der Waals surface area (Å²) in [6.07, 6.45) is 2.20. The first-order valence-electron chi connectivity index (χ1n) is 6.54. The topological polar surface area (TPSA) is 29.5 Å². The van der Waals surface area contributed by atoms with E-state index in [2.05, 4.69) is 43.9 Å². The van der Waals surface area contributed by atoms with Crippen LogP contribution in [0.2, 0.25) is 0 Å². The molecular formula is C16H21NO2. The number of carbonyl (C=O) groups is 1. The SMILES string of the molecule is COC(=O)[C@@H](C)N1c2ccccc2C(C)=CC1(C)C. The molecule has 2 rings (SSSR count). The zero-order chi connectivity index (χ0) is 14.2. The third kappa shape index (κ3) is 2.25. The lowest BCUT2D eigenvalue weighted by atomic mass is 9.87. The van der Waals surface area contributed by atoms with E-state index in [-0.39, 0.29) is 17.6 Å². The minimum Gasteiger partial charge on any atom is -0.467 e.